The fraction of sp³-hybridized carbons (Fsp3) is 0.263. The highest BCUT2D eigenvalue weighted by molar-refractivity contribution is 9.10. The molecule has 1 aliphatic rings. The summed E-state index contributed by atoms with van der Waals surface area (Å²) >= 11 is 3.34. The van der Waals surface area contributed by atoms with Gasteiger partial charge in [-0.25, -0.2) is 0 Å². The van der Waals surface area contributed by atoms with Crippen LogP contribution in [0.1, 0.15) is 46.8 Å². The first kappa shape index (κ1) is 15.9. The predicted octanol–water partition coefficient (Wildman–Crippen LogP) is 4.22. The largest absolute Gasteiger partial charge is 0.349 e. The molecule has 0 aliphatic heterocycles. The molecule has 0 aromatic heterocycles. The normalized spacial score (nSPS) is 16.0. The average molecular weight is 372 g/mol. The third-order valence-electron chi connectivity index (χ3n) is 4.21. The quantitative estimate of drug-likeness (QED) is 0.799. The van der Waals surface area contributed by atoms with Gasteiger partial charge in [-0.1, -0.05) is 52.3 Å². The lowest BCUT2D eigenvalue weighted by molar-refractivity contribution is -0.121. The molecule has 0 spiro atoms. The maximum absolute atomic E-state index is 12.1. The molecular formula is C19H18BrNO2. The molecule has 1 aliphatic carbocycles. The van der Waals surface area contributed by atoms with Gasteiger partial charge in [0.1, 0.15) is 0 Å². The summed E-state index contributed by atoms with van der Waals surface area (Å²) in [5.74, 6) is -0.0587. The molecule has 2 aromatic carbocycles. The van der Waals surface area contributed by atoms with Gasteiger partial charge in [-0.2, -0.15) is 0 Å². The van der Waals surface area contributed by atoms with E-state index in [2.05, 4.69) is 33.4 Å². The van der Waals surface area contributed by atoms with E-state index in [1.54, 1.807) is 12.1 Å². The zero-order valence-corrected chi connectivity index (χ0v) is 14.3. The molecule has 1 atom stereocenters. The van der Waals surface area contributed by atoms with E-state index in [4.69, 9.17) is 0 Å². The maximum Gasteiger partial charge on any atom is 0.220 e. The van der Waals surface area contributed by atoms with Gasteiger partial charge in [0.2, 0.25) is 5.91 Å². The predicted molar refractivity (Wildman–Crippen MR) is 93.4 cm³/mol. The SMILES string of the molecule is O=C(CCC(=O)c1ccc(Br)cc1)N[C@H]1CCc2ccccc21. The molecule has 0 saturated carbocycles. The van der Waals surface area contributed by atoms with Crippen LogP contribution < -0.4 is 5.32 Å². The molecule has 0 heterocycles. The van der Waals surface area contributed by atoms with Gasteiger partial charge in [0.15, 0.2) is 5.78 Å². The Bertz CT molecular complexity index is 724. The van der Waals surface area contributed by atoms with E-state index < -0.39 is 0 Å². The number of carbonyl (C=O) groups excluding carboxylic acids is 2. The lowest BCUT2D eigenvalue weighted by atomic mass is 10.1. The summed E-state index contributed by atoms with van der Waals surface area (Å²) in [4.78, 5) is 24.2. The van der Waals surface area contributed by atoms with Crippen LogP contribution >= 0.6 is 15.9 Å². The summed E-state index contributed by atoms with van der Waals surface area (Å²) < 4.78 is 0.937. The number of fused-ring (bicyclic) bond motifs is 1. The molecule has 4 heteroatoms. The van der Waals surface area contributed by atoms with Crippen molar-refractivity contribution in [2.45, 2.75) is 31.7 Å². The highest BCUT2D eigenvalue weighted by Gasteiger charge is 2.23. The number of rotatable bonds is 5. The smallest absolute Gasteiger partial charge is 0.220 e. The van der Waals surface area contributed by atoms with Gasteiger partial charge in [0, 0.05) is 22.9 Å². The van der Waals surface area contributed by atoms with Crippen molar-refractivity contribution in [2.75, 3.05) is 0 Å². The van der Waals surface area contributed by atoms with E-state index in [1.807, 2.05) is 24.3 Å². The highest BCUT2D eigenvalue weighted by atomic mass is 79.9. The van der Waals surface area contributed by atoms with Crippen molar-refractivity contribution in [3.8, 4) is 0 Å². The third kappa shape index (κ3) is 3.88. The van der Waals surface area contributed by atoms with Gasteiger partial charge in [-0.3, -0.25) is 9.59 Å². The fourth-order valence-corrected chi connectivity index (χ4v) is 3.25. The highest BCUT2D eigenvalue weighted by Crippen LogP contribution is 2.30. The van der Waals surface area contributed by atoms with Crippen LogP contribution in [0.15, 0.2) is 53.0 Å². The number of amides is 1. The molecule has 1 amide bonds. The first-order valence-electron chi connectivity index (χ1n) is 7.79. The minimum absolute atomic E-state index is 0.000489. The van der Waals surface area contributed by atoms with Crippen LogP contribution in [0.5, 0.6) is 0 Å². The van der Waals surface area contributed by atoms with Crippen LogP contribution in [-0.2, 0) is 11.2 Å². The van der Waals surface area contributed by atoms with Crippen LogP contribution in [0.2, 0.25) is 0 Å². The van der Waals surface area contributed by atoms with Gasteiger partial charge in [-0.05, 0) is 36.1 Å². The molecule has 0 unspecified atom stereocenters. The van der Waals surface area contributed by atoms with Crippen LogP contribution in [0.4, 0.5) is 0 Å². The van der Waals surface area contributed by atoms with Crippen LogP contribution in [0.3, 0.4) is 0 Å². The van der Waals surface area contributed by atoms with Gasteiger partial charge >= 0.3 is 0 Å². The van der Waals surface area contributed by atoms with Gasteiger partial charge in [0.05, 0.1) is 6.04 Å². The Morgan fingerprint density at radius 1 is 1.04 bits per heavy atom. The monoisotopic (exact) mass is 371 g/mol. The van der Waals surface area contributed by atoms with E-state index in [0.717, 1.165) is 17.3 Å². The number of nitrogens with one attached hydrogen (secondary N) is 1. The standard InChI is InChI=1S/C19H18BrNO2/c20-15-8-5-14(6-9-15)18(22)11-12-19(23)21-17-10-7-13-3-1-2-4-16(13)17/h1-6,8-9,17H,7,10-12H2,(H,21,23)/t17-/m0/s1. The minimum Gasteiger partial charge on any atom is -0.349 e. The zero-order valence-electron chi connectivity index (χ0n) is 12.7. The second-order valence-corrected chi connectivity index (χ2v) is 6.70. The summed E-state index contributed by atoms with van der Waals surface area (Å²) in [7, 11) is 0. The van der Waals surface area contributed by atoms with Crippen LogP contribution in [0.25, 0.3) is 0 Å². The molecule has 0 bridgehead atoms. The Morgan fingerprint density at radius 3 is 2.57 bits per heavy atom. The molecule has 0 saturated heterocycles. The minimum atomic E-state index is -0.0582. The van der Waals surface area contributed by atoms with Gasteiger partial charge < -0.3 is 5.32 Å². The lowest BCUT2D eigenvalue weighted by Crippen LogP contribution is -2.27. The van der Waals surface area contributed by atoms with Crippen molar-refractivity contribution in [3.05, 3.63) is 69.7 Å². The Labute approximate surface area is 144 Å². The second-order valence-electron chi connectivity index (χ2n) is 5.79. The van der Waals surface area contributed by atoms with E-state index in [9.17, 15) is 9.59 Å². The fourth-order valence-electron chi connectivity index (χ4n) is 2.98. The van der Waals surface area contributed by atoms with E-state index in [-0.39, 0.29) is 30.6 Å². The third-order valence-corrected chi connectivity index (χ3v) is 4.74. The molecule has 0 fully saturated rings. The number of halogens is 1. The van der Waals surface area contributed by atoms with Crippen molar-refractivity contribution in [3.63, 3.8) is 0 Å². The Hall–Kier alpha value is -1.94. The Kier molecular flexibility index (Phi) is 4.91. The Balaban J connectivity index is 1.52. The molecule has 3 rings (SSSR count). The molecule has 118 valence electrons. The maximum atomic E-state index is 12.1. The first-order chi connectivity index (χ1) is 11.1. The van der Waals surface area contributed by atoms with Crippen molar-refractivity contribution in [1.29, 1.82) is 0 Å². The molecule has 2 aromatic rings. The summed E-state index contributed by atoms with van der Waals surface area (Å²) in [6, 6.07) is 15.5. The Morgan fingerprint density at radius 2 is 1.78 bits per heavy atom. The summed E-state index contributed by atoms with van der Waals surface area (Å²) in [5, 5.41) is 3.05. The number of Topliss-reactive ketones (excluding diaryl/α,β-unsaturated/α-hetero) is 1. The van der Waals surface area contributed by atoms with Crippen molar-refractivity contribution < 1.29 is 9.59 Å². The van der Waals surface area contributed by atoms with E-state index in [1.165, 1.54) is 11.1 Å². The molecule has 1 N–H and O–H groups in total. The van der Waals surface area contributed by atoms with E-state index in [0.29, 0.717) is 5.56 Å². The van der Waals surface area contributed by atoms with Crippen molar-refractivity contribution in [2.24, 2.45) is 0 Å². The van der Waals surface area contributed by atoms with Crippen LogP contribution in [-0.4, -0.2) is 11.7 Å². The zero-order chi connectivity index (χ0) is 16.2. The van der Waals surface area contributed by atoms with Crippen molar-refractivity contribution in [1.82, 2.24) is 5.32 Å². The average Bonchev–Trinajstić information content (AvgIpc) is 2.96. The summed E-state index contributed by atoms with van der Waals surface area (Å²) in [6.45, 7) is 0. The summed E-state index contributed by atoms with van der Waals surface area (Å²) in [6.07, 6.45) is 2.40. The van der Waals surface area contributed by atoms with Crippen LogP contribution in [0, 0.1) is 0 Å². The number of aryl methyl sites for hydroxylation is 1. The second kappa shape index (κ2) is 7.09. The first-order valence-corrected chi connectivity index (χ1v) is 8.59. The van der Waals surface area contributed by atoms with E-state index >= 15 is 0 Å². The molecular weight excluding hydrogens is 354 g/mol. The van der Waals surface area contributed by atoms with Gasteiger partial charge in [-0.15, -0.1) is 0 Å². The molecule has 3 nitrogen and oxygen atoms in total. The van der Waals surface area contributed by atoms with Gasteiger partial charge in [0.25, 0.3) is 0 Å². The summed E-state index contributed by atoms with van der Waals surface area (Å²) in [5.41, 5.74) is 3.16. The molecule has 0 radical (unpaired) electrons. The number of hydrogen-bond donors (Lipinski definition) is 1. The number of hydrogen-bond acceptors (Lipinski definition) is 2. The number of ketones is 1. The number of benzene rings is 2. The molecule has 23 heavy (non-hydrogen) atoms. The lowest BCUT2D eigenvalue weighted by Gasteiger charge is -2.14. The topological polar surface area (TPSA) is 46.2 Å². The van der Waals surface area contributed by atoms with Crippen molar-refractivity contribution >= 4 is 27.6 Å². The number of carbonyl (C=O) groups is 2.